The number of hydrogen-bond donors (Lipinski definition) is 3. The van der Waals surface area contributed by atoms with E-state index in [4.69, 9.17) is 4.74 Å². The maximum atomic E-state index is 9.84. The Morgan fingerprint density at radius 3 is 2.85 bits per heavy atom. The molecule has 0 spiro atoms. The van der Waals surface area contributed by atoms with Crippen molar-refractivity contribution in [3.63, 3.8) is 0 Å². The Bertz CT molecular complexity index is 470. The van der Waals surface area contributed by atoms with Gasteiger partial charge in [0.1, 0.15) is 11.5 Å². The highest BCUT2D eigenvalue weighted by Crippen LogP contribution is 2.27. The molecule has 0 atom stereocenters. The lowest BCUT2D eigenvalue weighted by molar-refractivity contribution is 0.411. The molecule has 2 rings (SSSR count). The molecule has 5 heteroatoms. The summed E-state index contributed by atoms with van der Waals surface area (Å²) in [5.41, 5.74) is 0.757. The van der Waals surface area contributed by atoms with E-state index in [0.29, 0.717) is 6.54 Å². The third-order valence-electron chi connectivity index (χ3n) is 3.29. The summed E-state index contributed by atoms with van der Waals surface area (Å²) in [7, 11) is 1.61. The molecule has 5 nitrogen and oxygen atoms in total. The number of aromatic hydroxyl groups is 1. The van der Waals surface area contributed by atoms with E-state index in [0.717, 1.165) is 36.3 Å². The Morgan fingerprint density at radius 1 is 1.40 bits per heavy atom. The minimum atomic E-state index is 0.243. The number of nitrogens with one attached hydrogen (secondary N) is 2. The van der Waals surface area contributed by atoms with Gasteiger partial charge in [-0.25, -0.2) is 4.99 Å². The summed E-state index contributed by atoms with van der Waals surface area (Å²) in [4.78, 5) is 4.50. The Kier molecular flexibility index (Phi) is 5.09. The summed E-state index contributed by atoms with van der Waals surface area (Å²) in [5, 5.41) is 16.4. The van der Waals surface area contributed by atoms with Gasteiger partial charge in [-0.2, -0.15) is 0 Å². The number of phenols is 1. The zero-order chi connectivity index (χ0) is 14.4. The summed E-state index contributed by atoms with van der Waals surface area (Å²) in [6.45, 7) is 4.25. The molecular formula is C15H23N3O2. The minimum absolute atomic E-state index is 0.243. The third kappa shape index (κ3) is 4.33. The zero-order valence-corrected chi connectivity index (χ0v) is 12.1. The maximum Gasteiger partial charge on any atom is 0.191 e. The van der Waals surface area contributed by atoms with Gasteiger partial charge >= 0.3 is 0 Å². The Balaban J connectivity index is 1.99. The predicted octanol–water partition coefficient (Wildman–Crippen LogP) is 1.87. The number of benzene rings is 1. The minimum Gasteiger partial charge on any atom is -0.508 e. The normalized spacial score (nSPS) is 15.0. The maximum absolute atomic E-state index is 9.84. The Hall–Kier alpha value is -1.91. The van der Waals surface area contributed by atoms with E-state index < -0.39 is 0 Å². The van der Waals surface area contributed by atoms with E-state index in [9.17, 15) is 5.11 Å². The first-order valence-corrected chi connectivity index (χ1v) is 7.11. The fraction of sp³-hybridized carbons (Fsp3) is 0.533. The van der Waals surface area contributed by atoms with Gasteiger partial charge in [0.05, 0.1) is 13.7 Å². The summed E-state index contributed by atoms with van der Waals surface area (Å²) in [5.74, 6) is 2.56. The lowest BCUT2D eigenvalue weighted by atomic mass is 10.2. The molecule has 0 unspecified atom stereocenters. The molecule has 20 heavy (non-hydrogen) atoms. The summed E-state index contributed by atoms with van der Waals surface area (Å²) < 4.78 is 5.16. The van der Waals surface area contributed by atoms with Crippen LogP contribution in [0.1, 0.15) is 25.3 Å². The average Bonchev–Trinajstić information content (AvgIpc) is 3.27. The van der Waals surface area contributed by atoms with Crippen LogP contribution in [0.4, 0.5) is 0 Å². The van der Waals surface area contributed by atoms with Crippen LogP contribution in [0.25, 0.3) is 0 Å². The van der Waals surface area contributed by atoms with Crippen molar-refractivity contribution in [1.82, 2.24) is 10.6 Å². The van der Waals surface area contributed by atoms with Crippen LogP contribution in [0.15, 0.2) is 23.2 Å². The Labute approximate surface area is 120 Å². The van der Waals surface area contributed by atoms with Crippen LogP contribution in [-0.4, -0.2) is 31.3 Å². The molecular weight excluding hydrogens is 254 g/mol. The second-order valence-electron chi connectivity index (χ2n) is 5.01. The molecule has 0 aliphatic heterocycles. The topological polar surface area (TPSA) is 65.9 Å². The summed E-state index contributed by atoms with van der Waals surface area (Å²) >= 11 is 0. The third-order valence-corrected chi connectivity index (χ3v) is 3.29. The van der Waals surface area contributed by atoms with Crippen molar-refractivity contribution in [2.24, 2.45) is 10.9 Å². The summed E-state index contributed by atoms with van der Waals surface area (Å²) in [6, 6.07) is 5.18. The second-order valence-corrected chi connectivity index (χ2v) is 5.01. The lowest BCUT2D eigenvalue weighted by Crippen LogP contribution is -2.38. The van der Waals surface area contributed by atoms with Gasteiger partial charge in [-0.05, 0) is 43.9 Å². The van der Waals surface area contributed by atoms with Gasteiger partial charge in [0.15, 0.2) is 5.96 Å². The summed E-state index contributed by atoms with van der Waals surface area (Å²) in [6.07, 6.45) is 2.62. The lowest BCUT2D eigenvalue weighted by Gasteiger charge is -2.11. The molecule has 0 radical (unpaired) electrons. The number of aliphatic imine (C=N–C) groups is 1. The van der Waals surface area contributed by atoms with Crippen molar-refractivity contribution >= 4 is 5.96 Å². The van der Waals surface area contributed by atoms with Gasteiger partial charge in [0.25, 0.3) is 0 Å². The highest BCUT2D eigenvalue weighted by atomic mass is 16.5. The SMILES string of the molecule is CCNC(=NCc1cc(OC)ccc1O)NCC1CC1. The van der Waals surface area contributed by atoms with Crippen LogP contribution >= 0.6 is 0 Å². The second kappa shape index (κ2) is 7.03. The number of ether oxygens (including phenoxy) is 1. The number of hydrogen-bond acceptors (Lipinski definition) is 3. The van der Waals surface area contributed by atoms with E-state index >= 15 is 0 Å². The van der Waals surface area contributed by atoms with Crippen LogP contribution in [0.5, 0.6) is 11.5 Å². The van der Waals surface area contributed by atoms with Gasteiger partial charge in [0.2, 0.25) is 0 Å². The predicted molar refractivity (Wildman–Crippen MR) is 80.2 cm³/mol. The molecule has 0 heterocycles. The number of phenolic OH excluding ortho intramolecular Hbond substituents is 1. The number of nitrogens with zero attached hydrogens (tertiary/aromatic N) is 1. The molecule has 1 fully saturated rings. The first-order valence-electron chi connectivity index (χ1n) is 7.11. The standard InChI is InChI=1S/C15H23N3O2/c1-3-16-15(17-9-11-4-5-11)18-10-12-8-13(20-2)6-7-14(12)19/h6-8,11,19H,3-5,9-10H2,1-2H3,(H2,16,17,18). The molecule has 0 amide bonds. The highest BCUT2D eigenvalue weighted by molar-refractivity contribution is 5.79. The van der Waals surface area contributed by atoms with Gasteiger partial charge in [-0.15, -0.1) is 0 Å². The number of methoxy groups -OCH3 is 1. The van der Waals surface area contributed by atoms with Crippen LogP contribution < -0.4 is 15.4 Å². The fourth-order valence-corrected chi connectivity index (χ4v) is 1.88. The van der Waals surface area contributed by atoms with Crippen molar-refractivity contribution in [3.8, 4) is 11.5 Å². The molecule has 110 valence electrons. The molecule has 1 saturated carbocycles. The van der Waals surface area contributed by atoms with E-state index in [1.54, 1.807) is 19.2 Å². The quantitative estimate of drug-likeness (QED) is 0.548. The van der Waals surface area contributed by atoms with Gasteiger partial charge in [-0.3, -0.25) is 0 Å². The van der Waals surface area contributed by atoms with Crippen molar-refractivity contribution in [2.75, 3.05) is 20.2 Å². The smallest absolute Gasteiger partial charge is 0.191 e. The Morgan fingerprint density at radius 2 is 2.20 bits per heavy atom. The fourth-order valence-electron chi connectivity index (χ4n) is 1.88. The van der Waals surface area contributed by atoms with Crippen molar-refractivity contribution in [2.45, 2.75) is 26.3 Å². The van der Waals surface area contributed by atoms with Gasteiger partial charge in [0, 0.05) is 18.7 Å². The van der Waals surface area contributed by atoms with Gasteiger partial charge in [-0.1, -0.05) is 0 Å². The first kappa shape index (κ1) is 14.5. The van der Waals surface area contributed by atoms with Crippen molar-refractivity contribution < 1.29 is 9.84 Å². The monoisotopic (exact) mass is 277 g/mol. The van der Waals surface area contributed by atoms with E-state index in [2.05, 4.69) is 15.6 Å². The van der Waals surface area contributed by atoms with Crippen molar-refractivity contribution in [3.05, 3.63) is 23.8 Å². The molecule has 1 aromatic rings. The van der Waals surface area contributed by atoms with Gasteiger partial charge < -0.3 is 20.5 Å². The molecule has 1 aromatic carbocycles. The van der Waals surface area contributed by atoms with Crippen LogP contribution in [0.3, 0.4) is 0 Å². The van der Waals surface area contributed by atoms with Crippen molar-refractivity contribution in [1.29, 1.82) is 0 Å². The largest absolute Gasteiger partial charge is 0.508 e. The van der Waals surface area contributed by atoms with Crippen LogP contribution in [0.2, 0.25) is 0 Å². The first-order chi connectivity index (χ1) is 9.72. The molecule has 0 saturated heterocycles. The number of guanidine groups is 1. The van der Waals surface area contributed by atoms with Crippen LogP contribution in [0, 0.1) is 5.92 Å². The molecule has 0 bridgehead atoms. The number of rotatable bonds is 6. The highest BCUT2D eigenvalue weighted by Gasteiger charge is 2.21. The van der Waals surface area contributed by atoms with E-state index in [1.807, 2.05) is 13.0 Å². The molecule has 3 N–H and O–H groups in total. The van der Waals surface area contributed by atoms with Crippen LogP contribution in [-0.2, 0) is 6.54 Å². The van der Waals surface area contributed by atoms with E-state index in [-0.39, 0.29) is 5.75 Å². The molecule has 1 aliphatic carbocycles. The van der Waals surface area contributed by atoms with E-state index in [1.165, 1.54) is 12.8 Å². The average molecular weight is 277 g/mol. The molecule has 0 aromatic heterocycles. The zero-order valence-electron chi connectivity index (χ0n) is 12.1. The molecule has 1 aliphatic rings.